The SMILES string of the molecule is Cc1cc(-c2cc(=O)n([C@@H](C)C(=O)c3ccc(F)cc3)nc2-c2ccco2)on1. The number of rotatable bonds is 5. The molecule has 0 bridgehead atoms. The van der Waals surface area contributed by atoms with E-state index in [-0.39, 0.29) is 11.3 Å². The molecule has 3 heterocycles. The largest absolute Gasteiger partial charge is 0.463 e. The highest BCUT2D eigenvalue weighted by atomic mass is 19.1. The minimum absolute atomic E-state index is 0.280. The predicted octanol–water partition coefficient (Wildman–Crippen LogP) is 4.05. The lowest BCUT2D eigenvalue weighted by Crippen LogP contribution is -2.30. The van der Waals surface area contributed by atoms with Gasteiger partial charge in [-0.05, 0) is 50.2 Å². The Morgan fingerprint density at radius 3 is 2.52 bits per heavy atom. The zero-order valence-electron chi connectivity index (χ0n) is 15.6. The Bertz CT molecular complexity index is 1220. The molecule has 0 saturated carbocycles. The van der Waals surface area contributed by atoms with E-state index < -0.39 is 17.4 Å². The van der Waals surface area contributed by atoms with Crippen molar-refractivity contribution in [3.8, 4) is 22.8 Å². The van der Waals surface area contributed by atoms with Crippen LogP contribution in [-0.2, 0) is 0 Å². The van der Waals surface area contributed by atoms with Gasteiger partial charge in [0.2, 0.25) is 0 Å². The molecule has 0 aliphatic carbocycles. The topological polar surface area (TPSA) is 91.1 Å². The van der Waals surface area contributed by atoms with Crippen LogP contribution in [0.15, 0.2) is 68.5 Å². The second-order valence-electron chi connectivity index (χ2n) is 6.55. The first-order chi connectivity index (χ1) is 13.9. The fourth-order valence-corrected chi connectivity index (χ4v) is 2.99. The number of aryl methyl sites for hydroxylation is 1. The normalized spacial score (nSPS) is 12.1. The van der Waals surface area contributed by atoms with E-state index in [2.05, 4.69) is 10.3 Å². The van der Waals surface area contributed by atoms with E-state index in [0.717, 1.165) is 4.68 Å². The number of hydrogen-bond acceptors (Lipinski definition) is 6. The number of carbonyl (C=O) groups is 1. The van der Waals surface area contributed by atoms with E-state index in [1.54, 1.807) is 32.0 Å². The Morgan fingerprint density at radius 1 is 1.14 bits per heavy atom. The number of aromatic nitrogens is 3. The van der Waals surface area contributed by atoms with Crippen LogP contribution in [-0.4, -0.2) is 20.7 Å². The second-order valence-corrected chi connectivity index (χ2v) is 6.55. The van der Waals surface area contributed by atoms with Crippen LogP contribution in [0.5, 0.6) is 0 Å². The van der Waals surface area contributed by atoms with Gasteiger partial charge >= 0.3 is 0 Å². The van der Waals surface area contributed by atoms with Gasteiger partial charge in [-0.2, -0.15) is 5.10 Å². The third-order valence-electron chi connectivity index (χ3n) is 4.48. The molecule has 1 atom stereocenters. The third-order valence-corrected chi connectivity index (χ3v) is 4.48. The van der Waals surface area contributed by atoms with Gasteiger partial charge in [-0.3, -0.25) is 9.59 Å². The van der Waals surface area contributed by atoms with Gasteiger partial charge in [-0.15, -0.1) is 0 Å². The molecular weight excluding hydrogens is 377 g/mol. The highest BCUT2D eigenvalue weighted by Gasteiger charge is 2.24. The van der Waals surface area contributed by atoms with Crippen LogP contribution in [0.3, 0.4) is 0 Å². The smallest absolute Gasteiger partial charge is 0.268 e. The van der Waals surface area contributed by atoms with Crippen LogP contribution < -0.4 is 5.56 Å². The number of hydrogen-bond donors (Lipinski definition) is 0. The summed E-state index contributed by atoms with van der Waals surface area (Å²) < 4.78 is 25.0. The summed E-state index contributed by atoms with van der Waals surface area (Å²) in [7, 11) is 0. The summed E-state index contributed by atoms with van der Waals surface area (Å²) in [6, 6.07) is 10.6. The molecule has 0 aliphatic heterocycles. The molecule has 8 heteroatoms. The van der Waals surface area contributed by atoms with Crippen molar-refractivity contribution in [2.75, 3.05) is 0 Å². The molecule has 4 aromatic rings. The minimum Gasteiger partial charge on any atom is -0.463 e. The molecule has 146 valence electrons. The zero-order chi connectivity index (χ0) is 20.5. The molecule has 0 unspecified atom stereocenters. The average molecular weight is 393 g/mol. The van der Waals surface area contributed by atoms with E-state index >= 15 is 0 Å². The van der Waals surface area contributed by atoms with Gasteiger partial charge in [-0.25, -0.2) is 9.07 Å². The molecule has 29 heavy (non-hydrogen) atoms. The second kappa shape index (κ2) is 7.31. The van der Waals surface area contributed by atoms with Crippen LogP contribution in [0.2, 0.25) is 0 Å². The fraction of sp³-hybridized carbons (Fsp3) is 0.143. The lowest BCUT2D eigenvalue weighted by Gasteiger charge is -2.15. The van der Waals surface area contributed by atoms with Crippen molar-refractivity contribution >= 4 is 5.78 Å². The number of carbonyl (C=O) groups excluding carboxylic acids is 1. The summed E-state index contributed by atoms with van der Waals surface area (Å²) in [4.78, 5) is 25.6. The molecule has 7 nitrogen and oxygen atoms in total. The standard InChI is InChI=1S/C21H16FN3O4/c1-12-10-18(29-24-12)16-11-19(26)25(23-20(16)17-4-3-9-28-17)13(2)21(27)14-5-7-15(22)8-6-14/h3-11,13H,1-2H3/t13-/m0/s1. The number of Topliss-reactive ketones (excluding diaryl/α,β-unsaturated/α-hetero) is 1. The lowest BCUT2D eigenvalue weighted by molar-refractivity contribution is 0.0925. The molecule has 1 aromatic carbocycles. The first-order valence-electron chi connectivity index (χ1n) is 8.85. The van der Waals surface area contributed by atoms with Crippen molar-refractivity contribution in [3.63, 3.8) is 0 Å². The quantitative estimate of drug-likeness (QED) is 0.475. The van der Waals surface area contributed by atoms with Gasteiger partial charge in [0.25, 0.3) is 5.56 Å². The Kier molecular flexibility index (Phi) is 4.67. The first kappa shape index (κ1) is 18.5. The number of benzene rings is 1. The Morgan fingerprint density at radius 2 is 1.90 bits per heavy atom. The summed E-state index contributed by atoms with van der Waals surface area (Å²) in [6.45, 7) is 3.32. The van der Waals surface area contributed by atoms with Crippen LogP contribution >= 0.6 is 0 Å². The van der Waals surface area contributed by atoms with Gasteiger partial charge in [0.15, 0.2) is 17.3 Å². The molecule has 3 aromatic heterocycles. The predicted molar refractivity (Wildman–Crippen MR) is 102 cm³/mol. The van der Waals surface area contributed by atoms with E-state index in [0.29, 0.717) is 28.5 Å². The number of nitrogens with zero attached hydrogens (tertiary/aromatic N) is 3. The third kappa shape index (κ3) is 3.52. The number of ketones is 1. The van der Waals surface area contributed by atoms with Crippen molar-refractivity contribution in [2.45, 2.75) is 19.9 Å². The lowest BCUT2D eigenvalue weighted by atomic mass is 10.1. The Labute approximate surface area is 164 Å². The summed E-state index contributed by atoms with van der Waals surface area (Å²) >= 11 is 0. The molecule has 4 rings (SSSR count). The maximum absolute atomic E-state index is 13.2. The van der Waals surface area contributed by atoms with Crippen LogP contribution in [0.25, 0.3) is 22.8 Å². The highest BCUT2D eigenvalue weighted by Crippen LogP contribution is 2.30. The summed E-state index contributed by atoms with van der Waals surface area (Å²) in [5.74, 6) is -0.0445. The Hall–Kier alpha value is -3.81. The molecule has 0 spiro atoms. The molecule has 0 aliphatic rings. The maximum atomic E-state index is 13.2. The fourth-order valence-electron chi connectivity index (χ4n) is 2.99. The van der Waals surface area contributed by atoms with Gasteiger partial charge in [0.05, 0.1) is 17.5 Å². The summed E-state index contributed by atoms with van der Waals surface area (Å²) in [5, 5.41) is 8.24. The summed E-state index contributed by atoms with van der Waals surface area (Å²) in [5.41, 5.74) is 1.18. The van der Waals surface area contributed by atoms with Crippen molar-refractivity contribution < 1.29 is 18.1 Å². The number of furan rings is 1. The molecule has 0 saturated heterocycles. The molecular formula is C21H16FN3O4. The molecule has 0 radical (unpaired) electrons. The maximum Gasteiger partial charge on any atom is 0.268 e. The Balaban J connectivity index is 1.82. The van der Waals surface area contributed by atoms with Gasteiger partial charge in [0, 0.05) is 17.7 Å². The average Bonchev–Trinajstić information content (AvgIpc) is 3.39. The van der Waals surface area contributed by atoms with E-state index in [4.69, 9.17) is 8.94 Å². The van der Waals surface area contributed by atoms with Crippen molar-refractivity contribution in [1.29, 1.82) is 0 Å². The molecule has 0 amide bonds. The molecule has 0 fully saturated rings. The minimum atomic E-state index is -0.910. The van der Waals surface area contributed by atoms with Gasteiger partial charge in [0.1, 0.15) is 17.6 Å². The zero-order valence-corrected chi connectivity index (χ0v) is 15.6. The van der Waals surface area contributed by atoms with Crippen molar-refractivity contribution in [1.82, 2.24) is 14.9 Å². The van der Waals surface area contributed by atoms with Gasteiger partial charge < -0.3 is 8.94 Å². The van der Waals surface area contributed by atoms with Gasteiger partial charge in [-0.1, -0.05) is 5.16 Å². The first-order valence-corrected chi connectivity index (χ1v) is 8.85. The van der Waals surface area contributed by atoms with E-state index in [1.165, 1.54) is 36.6 Å². The molecule has 0 N–H and O–H groups in total. The summed E-state index contributed by atoms with van der Waals surface area (Å²) in [6.07, 6.45) is 1.48. The van der Waals surface area contributed by atoms with Crippen LogP contribution in [0.1, 0.15) is 29.0 Å². The van der Waals surface area contributed by atoms with Crippen molar-refractivity contribution in [3.05, 3.63) is 82.2 Å². The highest BCUT2D eigenvalue weighted by molar-refractivity contribution is 5.98. The number of halogens is 1. The van der Waals surface area contributed by atoms with Crippen molar-refractivity contribution in [2.24, 2.45) is 0 Å². The van der Waals surface area contributed by atoms with Crippen LogP contribution in [0.4, 0.5) is 4.39 Å². The van der Waals surface area contributed by atoms with E-state index in [9.17, 15) is 14.0 Å². The van der Waals surface area contributed by atoms with Crippen LogP contribution in [0, 0.1) is 12.7 Å². The monoisotopic (exact) mass is 393 g/mol. The van der Waals surface area contributed by atoms with E-state index in [1.807, 2.05) is 0 Å².